The second kappa shape index (κ2) is 6.76. The van der Waals surface area contributed by atoms with Crippen molar-refractivity contribution in [1.82, 2.24) is 0 Å². The summed E-state index contributed by atoms with van der Waals surface area (Å²) in [6.45, 7) is 15.7. The van der Waals surface area contributed by atoms with E-state index in [4.69, 9.17) is 4.74 Å². The van der Waals surface area contributed by atoms with Crippen LogP contribution in [-0.4, -0.2) is 19.0 Å². The Morgan fingerprint density at radius 3 is 2.00 bits per heavy atom. The molecule has 0 aromatic carbocycles. The van der Waals surface area contributed by atoms with Gasteiger partial charge < -0.3 is 4.74 Å². The zero-order valence-corrected chi connectivity index (χ0v) is 13.9. The van der Waals surface area contributed by atoms with Gasteiger partial charge in [0.05, 0.1) is 6.54 Å². The maximum atomic E-state index is 5.85. The second-order valence-electron chi connectivity index (χ2n) is 6.70. The van der Waals surface area contributed by atoms with Gasteiger partial charge in [-0.15, -0.1) is 0 Å². The largest absolute Gasteiger partial charge is 0.479 e. The van der Waals surface area contributed by atoms with Crippen LogP contribution in [0.15, 0.2) is 4.99 Å². The summed E-state index contributed by atoms with van der Waals surface area (Å²) in [5, 5.41) is 0. The molecule has 1 heterocycles. The van der Waals surface area contributed by atoms with E-state index in [1.807, 2.05) is 0 Å². The SMILES string of the molecule is CCC(C)(CC)CC(C1=NCCO1)C(C)(CC)CC. The molecule has 2 heteroatoms. The minimum atomic E-state index is 0.314. The highest BCUT2D eigenvalue weighted by Gasteiger charge is 2.40. The normalized spacial score (nSPS) is 18.1. The number of hydrogen-bond acceptors (Lipinski definition) is 2. The van der Waals surface area contributed by atoms with Gasteiger partial charge in [-0.05, 0) is 30.1 Å². The monoisotopic (exact) mass is 267 g/mol. The molecule has 1 aliphatic heterocycles. The molecule has 0 saturated heterocycles. The zero-order valence-electron chi connectivity index (χ0n) is 13.9. The molecular formula is C17H33NO. The maximum absolute atomic E-state index is 5.85. The molecule has 0 aromatic heterocycles. The van der Waals surface area contributed by atoms with Gasteiger partial charge in [0.1, 0.15) is 6.61 Å². The zero-order chi connectivity index (χ0) is 14.5. The summed E-state index contributed by atoms with van der Waals surface area (Å²) < 4.78 is 5.85. The van der Waals surface area contributed by atoms with Crippen molar-refractivity contribution >= 4 is 5.90 Å². The molecule has 19 heavy (non-hydrogen) atoms. The average molecular weight is 267 g/mol. The first-order valence-corrected chi connectivity index (χ1v) is 8.11. The van der Waals surface area contributed by atoms with Gasteiger partial charge in [0.25, 0.3) is 0 Å². The molecule has 0 radical (unpaired) electrons. The quantitative estimate of drug-likeness (QED) is 0.601. The van der Waals surface area contributed by atoms with E-state index >= 15 is 0 Å². The van der Waals surface area contributed by atoms with Crippen molar-refractivity contribution in [2.45, 2.75) is 73.6 Å². The Bertz CT molecular complexity index is 300. The number of aliphatic imine (C=N–C) groups is 1. The fourth-order valence-electron chi connectivity index (χ4n) is 2.97. The van der Waals surface area contributed by atoms with Crippen molar-refractivity contribution in [3.8, 4) is 0 Å². The smallest absolute Gasteiger partial charge is 0.187 e. The van der Waals surface area contributed by atoms with Gasteiger partial charge in [-0.3, -0.25) is 4.99 Å². The lowest BCUT2D eigenvalue weighted by Gasteiger charge is -2.41. The van der Waals surface area contributed by atoms with Crippen LogP contribution in [0.1, 0.15) is 73.6 Å². The summed E-state index contributed by atoms with van der Waals surface area (Å²) in [6.07, 6.45) is 6.06. The lowest BCUT2D eigenvalue weighted by atomic mass is 9.65. The highest BCUT2D eigenvalue weighted by molar-refractivity contribution is 5.80. The molecule has 0 amide bonds. The molecule has 0 bridgehead atoms. The summed E-state index contributed by atoms with van der Waals surface area (Å²) in [4.78, 5) is 4.65. The van der Waals surface area contributed by atoms with Crippen LogP contribution in [0.2, 0.25) is 0 Å². The fourth-order valence-corrected chi connectivity index (χ4v) is 2.97. The molecule has 1 rings (SSSR count). The molecule has 112 valence electrons. The topological polar surface area (TPSA) is 21.6 Å². The molecule has 2 nitrogen and oxygen atoms in total. The van der Waals surface area contributed by atoms with Crippen molar-refractivity contribution in [2.75, 3.05) is 13.2 Å². The molecule has 1 unspecified atom stereocenters. The first-order chi connectivity index (χ1) is 8.94. The van der Waals surface area contributed by atoms with Crippen LogP contribution in [0.4, 0.5) is 0 Å². The lowest BCUT2D eigenvalue weighted by molar-refractivity contribution is 0.124. The Balaban J connectivity index is 2.99. The van der Waals surface area contributed by atoms with Crippen LogP contribution < -0.4 is 0 Å². The van der Waals surface area contributed by atoms with Crippen molar-refractivity contribution in [1.29, 1.82) is 0 Å². The summed E-state index contributed by atoms with van der Waals surface area (Å²) in [6, 6.07) is 0. The molecule has 0 N–H and O–H groups in total. The van der Waals surface area contributed by atoms with Gasteiger partial charge in [-0.25, -0.2) is 0 Å². The highest BCUT2D eigenvalue weighted by atomic mass is 16.5. The maximum Gasteiger partial charge on any atom is 0.187 e. The van der Waals surface area contributed by atoms with Crippen LogP contribution in [0.3, 0.4) is 0 Å². The van der Waals surface area contributed by atoms with Gasteiger partial charge >= 0.3 is 0 Å². The number of nitrogens with zero attached hydrogens (tertiary/aromatic N) is 1. The minimum Gasteiger partial charge on any atom is -0.479 e. The van der Waals surface area contributed by atoms with E-state index in [1.54, 1.807) is 0 Å². The molecule has 0 saturated carbocycles. The summed E-state index contributed by atoms with van der Waals surface area (Å²) >= 11 is 0. The van der Waals surface area contributed by atoms with E-state index in [0.29, 0.717) is 16.7 Å². The van der Waals surface area contributed by atoms with Gasteiger partial charge in [-0.2, -0.15) is 0 Å². The van der Waals surface area contributed by atoms with Crippen LogP contribution in [0.5, 0.6) is 0 Å². The van der Waals surface area contributed by atoms with Crippen LogP contribution in [-0.2, 0) is 4.74 Å². The number of hydrogen-bond donors (Lipinski definition) is 0. The third-order valence-electron chi connectivity index (χ3n) is 5.77. The molecule has 1 aliphatic rings. The van der Waals surface area contributed by atoms with Gasteiger partial charge in [0, 0.05) is 5.92 Å². The summed E-state index contributed by atoms with van der Waals surface area (Å²) in [5.41, 5.74) is 0.722. The fraction of sp³-hybridized carbons (Fsp3) is 0.941. The Kier molecular flexibility index (Phi) is 5.88. The minimum absolute atomic E-state index is 0.314. The van der Waals surface area contributed by atoms with E-state index in [0.717, 1.165) is 19.0 Å². The third kappa shape index (κ3) is 3.73. The standard InChI is InChI=1S/C17H33NO/c1-7-16(5,8-2)13-14(15-18-11-12-19-15)17(6,9-3)10-4/h14H,7-13H2,1-6H3. The van der Waals surface area contributed by atoms with Gasteiger partial charge in [0.2, 0.25) is 0 Å². The van der Waals surface area contributed by atoms with E-state index in [-0.39, 0.29) is 0 Å². The van der Waals surface area contributed by atoms with Crippen molar-refractivity contribution in [2.24, 2.45) is 21.7 Å². The average Bonchev–Trinajstić information content (AvgIpc) is 2.97. The number of rotatable bonds is 8. The predicted molar refractivity (Wildman–Crippen MR) is 83.7 cm³/mol. The Morgan fingerprint density at radius 2 is 1.63 bits per heavy atom. The molecule has 1 atom stereocenters. The molecule has 0 aromatic rings. The summed E-state index contributed by atoms with van der Waals surface area (Å²) in [7, 11) is 0. The van der Waals surface area contributed by atoms with E-state index < -0.39 is 0 Å². The first-order valence-electron chi connectivity index (χ1n) is 8.11. The Labute approximate surface area is 120 Å². The van der Waals surface area contributed by atoms with E-state index in [1.165, 1.54) is 32.1 Å². The molecule has 0 aliphatic carbocycles. The van der Waals surface area contributed by atoms with Gasteiger partial charge in [0.15, 0.2) is 5.90 Å². The second-order valence-corrected chi connectivity index (χ2v) is 6.70. The van der Waals surface area contributed by atoms with Crippen LogP contribution in [0.25, 0.3) is 0 Å². The van der Waals surface area contributed by atoms with E-state index in [9.17, 15) is 0 Å². The van der Waals surface area contributed by atoms with Crippen LogP contribution >= 0.6 is 0 Å². The van der Waals surface area contributed by atoms with E-state index in [2.05, 4.69) is 46.5 Å². The number of ether oxygens (including phenoxy) is 1. The highest BCUT2D eigenvalue weighted by Crippen LogP contribution is 2.45. The summed E-state index contributed by atoms with van der Waals surface area (Å²) in [5.74, 6) is 1.52. The van der Waals surface area contributed by atoms with Crippen LogP contribution in [0, 0.1) is 16.7 Å². The van der Waals surface area contributed by atoms with Gasteiger partial charge in [-0.1, -0.05) is 54.4 Å². The lowest BCUT2D eigenvalue weighted by Crippen LogP contribution is -2.37. The third-order valence-corrected chi connectivity index (χ3v) is 5.77. The van der Waals surface area contributed by atoms with Crippen molar-refractivity contribution < 1.29 is 4.74 Å². The van der Waals surface area contributed by atoms with Crippen molar-refractivity contribution in [3.63, 3.8) is 0 Å². The van der Waals surface area contributed by atoms with Crippen molar-refractivity contribution in [3.05, 3.63) is 0 Å². The molecular weight excluding hydrogens is 234 g/mol. The predicted octanol–water partition coefficient (Wildman–Crippen LogP) is 5.07. The molecule has 0 spiro atoms. The Hall–Kier alpha value is -0.530. The first kappa shape index (κ1) is 16.5. The Morgan fingerprint density at radius 1 is 1.05 bits per heavy atom. The molecule has 0 fully saturated rings.